The van der Waals surface area contributed by atoms with Crippen LogP contribution < -0.4 is 10.2 Å². The standard InChI is InChI=1S/C21H17N3O3S2/c1-12-7-3-5-9-14(12)22-16(25)11-24-15-10-6-4-8-13(15)17(19(24)26)18-20(27)23(2)21(28)29-18/h3-10H,11H2,1-2H3,(H,22,25)/b18-17+. The highest BCUT2D eigenvalue weighted by molar-refractivity contribution is 8.26. The molecular formula is C21H17N3O3S2. The number of benzene rings is 2. The van der Waals surface area contributed by atoms with E-state index in [9.17, 15) is 14.4 Å². The molecule has 2 aliphatic heterocycles. The van der Waals surface area contributed by atoms with Crippen LogP contribution in [-0.2, 0) is 14.4 Å². The van der Waals surface area contributed by atoms with E-state index in [0.717, 1.165) is 17.3 Å². The van der Waals surface area contributed by atoms with Crippen molar-refractivity contribution in [1.29, 1.82) is 0 Å². The van der Waals surface area contributed by atoms with Gasteiger partial charge < -0.3 is 5.32 Å². The summed E-state index contributed by atoms with van der Waals surface area (Å²) in [6.07, 6.45) is 0. The fraction of sp³-hybridized carbons (Fsp3) is 0.143. The van der Waals surface area contributed by atoms with Crippen molar-refractivity contribution < 1.29 is 14.4 Å². The van der Waals surface area contributed by atoms with Crippen molar-refractivity contribution in [3.63, 3.8) is 0 Å². The number of carbonyl (C=O) groups excluding carboxylic acids is 3. The molecule has 0 unspecified atom stereocenters. The molecule has 1 fully saturated rings. The molecule has 0 bridgehead atoms. The Kier molecular flexibility index (Phi) is 4.97. The second-order valence-corrected chi connectivity index (χ2v) is 8.35. The van der Waals surface area contributed by atoms with E-state index in [1.807, 2.05) is 31.2 Å². The molecule has 0 spiro atoms. The molecule has 3 amide bonds. The molecule has 2 aromatic carbocycles. The molecule has 4 rings (SSSR count). The van der Waals surface area contributed by atoms with Crippen molar-refractivity contribution in [3.05, 3.63) is 64.6 Å². The Morgan fingerprint density at radius 3 is 2.45 bits per heavy atom. The summed E-state index contributed by atoms with van der Waals surface area (Å²) >= 11 is 6.31. The summed E-state index contributed by atoms with van der Waals surface area (Å²) in [7, 11) is 1.59. The molecule has 0 aromatic heterocycles. The van der Waals surface area contributed by atoms with Crippen molar-refractivity contribution in [2.45, 2.75) is 6.92 Å². The van der Waals surface area contributed by atoms with Crippen LogP contribution in [0.2, 0.25) is 0 Å². The average Bonchev–Trinajstić information content (AvgIpc) is 3.11. The molecule has 0 radical (unpaired) electrons. The maximum absolute atomic E-state index is 13.2. The molecule has 0 atom stereocenters. The normalized spacial score (nSPS) is 18.5. The SMILES string of the molecule is Cc1ccccc1NC(=O)CN1C(=O)/C(=C2/SC(=S)N(C)C2=O)c2ccccc21. The molecule has 2 heterocycles. The first kappa shape index (κ1) is 19.4. The van der Waals surface area contributed by atoms with Crippen LogP contribution in [-0.4, -0.2) is 40.5 Å². The lowest BCUT2D eigenvalue weighted by atomic mass is 10.1. The van der Waals surface area contributed by atoms with Crippen LogP contribution in [0, 0.1) is 6.92 Å². The highest BCUT2D eigenvalue weighted by Crippen LogP contribution is 2.44. The second-order valence-electron chi connectivity index (χ2n) is 6.71. The summed E-state index contributed by atoms with van der Waals surface area (Å²) in [6.45, 7) is 1.75. The minimum absolute atomic E-state index is 0.153. The van der Waals surface area contributed by atoms with E-state index in [2.05, 4.69) is 5.32 Å². The Morgan fingerprint density at radius 1 is 1.07 bits per heavy atom. The smallest absolute Gasteiger partial charge is 0.266 e. The van der Waals surface area contributed by atoms with E-state index in [0.29, 0.717) is 31.7 Å². The maximum Gasteiger partial charge on any atom is 0.266 e. The second kappa shape index (κ2) is 7.46. The van der Waals surface area contributed by atoms with Crippen molar-refractivity contribution in [2.75, 3.05) is 23.8 Å². The summed E-state index contributed by atoms with van der Waals surface area (Å²) in [5.74, 6) is -0.990. The third-order valence-corrected chi connectivity index (χ3v) is 6.39. The van der Waals surface area contributed by atoms with E-state index in [-0.39, 0.29) is 24.3 Å². The number of nitrogens with one attached hydrogen (secondary N) is 1. The number of carbonyl (C=O) groups is 3. The van der Waals surface area contributed by atoms with Crippen LogP contribution in [0.3, 0.4) is 0 Å². The Balaban J connectivity index is 1.67. The van der Waals surface area contributed by atoms with Gasteiger partial charge in [0.05, 0.1) is 16.2 Å². The predicted molar refractivity (Wildman–Crippen MR) is 118 cm³/mol. The minimum atomic E-state index is -0.375. The number of amides is 3. The summed E-state index contributed by atoms with van der Waals surface area (Å²) in [4.78, 5) is 41.5. The largest absolute Gasteiger partial charge is 0.324 e. The molecule has 0 aliphatic carbocycles. The first-order valence-corrected chi connectivity index (χ1v) is 10.1. The number of hydrogen-bond donors (Lipinski definition) is 1. The molecule has 0 saturated carbocycles. The van der Waals surface area contributed by atoms with Crippen LogP contribution in [0.25, 0.3) is 5.57 Å². The number of anilines is 2. The highest BCUT2D eigenvalue weighted by atomic mass is 32.2. The summed E-state index contributed by atoms with van der Waals surface area (Å²) in [5.41, 5.74) is 3.17. The zero-order chi connectivity index (χ0) is 20.7. The number of thiocarbonyl (C=S) groups is 1. The number of thioether (sulfide) groups is 1. The van der Waals surface area contributed by atoms with Crippen molar-refractivity contribution in [3.8, 4) is 0 Å². The number of fused-ring (bicyclic) bond motifs is 1. The average molecular weight is 424 g/mol. The van der Waals surface area contributed by atoms with Crippen LogP contribution in [0.1, 0.15) is 11.1 Å². The first-order valence-electron chi connectivity index (χ1n) is 8.89. The lowest BCUT2D eigenvalue weighted by Gasteiger charge is -2.17. The van der Waals surface area contributed by atoms with Gasteiger partial charge in [-0.1, -0.05) is 60.4 Å². The Labute approximate surface area is 177 Å². The van der Waals surface area contributed by atoms with Gasteiger partial charge in [0, 0.05) is 18.3 Å². The molecule has 146 valence electrons. The molecule has 8 heteroatoms. The Bertz CT molecular complexity index is 1110. The van der Waals surface area contributed by atoms with E-state index < -0.39 is 0 Å². The fourth-order valence-electron chi connectivity index (χ4n) is 3.30. The van der Waals surface area contributed by atoms with Gasteiger partial charge >= 0.3 is 0 Å². The molecule has 2 aromatic rings. The Morgan fingerprint density at radius 2 is 1.76 bits per heavy atom. The molecular weight excluding hydrogens is 406 g/mol. The lowest BCUT2D eigenvalue weighted by molar-refractivity contribution is -0.121. The number of hydrogen-bond acceptors (Lipinski definition) is 5. The number of aryl methyl sites for hydroxylation is 1. The third-order valence-electron chi connectivity index (χ3n) is 4.83. The van der Waals surface area contributed by atoms with E-state index >= 15 is 0 Å². The molecule has 1 N–H and O–H groups in total. The van der Waals surface area contributed by atoms with Gasteiger partial charge in [0.15, 0.2) is 0 Å². The van der Waals surface area contributed by atoms with Crippen molar-refractivity contribution >= 4 is 63.0 Å². The van der Waals surface area contributed by atoms with Crippen LogP contribution >= 0.6 is 24.0 Å². The van der Waals surface area contributed by atoms with Crippen molar-refractivity contribution in [2.24, 2.45) is 0 Å². The van der Waals surface area contributed by atoms with Gasteiger partial charge in [0.2, 0.25) is 5.91 Å². The molecule has 6 nitrogen and oxygen atoms in total. The minimum Gasteiger partial charge on any atom is -0.324 e. The van der Waals surface area contributed by atoms with Gasteiger partial charge in [-0.05, 0) is 24.6 Å². The summed E-state index contributed by atoms with van der Waals surface area (Å²) in [5, 5.41) is 2.85. The van der Waals surface area contributed by atoms with Gasteiger partial charge in [0.1, 0.15) is 10.9 Å². The number of para-hydroxylation sites is 2. The van der Waals surface area contributed by atoms with E-state index in [1.165, 1.54) is 9.80 Å². The Hall–Kier alpha value is -2.97. The van der Waals surface area contributed by atoms with Crippen LogP contribution in [0.4, 0.5) is 11.4 Å². The maximum atomic E-state index is 13.2. The summed E-state index contributed by atoms with van der Waals surface area (Å²) < 4.78 is 0.401. The number of likely N-dealkylation sites (N-methyl/N-ethyl adjacent to an activating group) is 1. The number of rotatable bonds is 3. The zero-order valence-corrected chi connectivity index (χ0v) is 17.4. The van der Waals surface area contributed by atoms with E-state index in [1.54, 1.807) is 31.3 Å². The zero-order valence-electron chi connectivity index (χ0n) is 15.8. The molecule has 1 saturated heterocycles. The van der Waals surface area contributed by atoms with Gasteiger partial charge in [-0.15, -0.1) is 0 Å². The highest BCUT2D eigenvalue weighted by Gasteiger charge is 2.41. The molecule has 2 aliphatic rings. The monoisotopic (exact) mass is 423 g/mol. The quantitative estimate of drug-likeness (QED) is 0.607. The number of nitrogens with zero attached hydrogens (tertiary/aromatic N) is 2. The van der Waals surface area contributed by atoms with Crippen molar-refractivity contribution in [1.82, 2.24) is 4.90 Å². The predicted octanol–water partition coefficient (Wildman–Crippen LogP) is 3.18. The fourth-order valence-corrected chi connectivity index (χ4v) is 4.55. The van der Waals surface area contributed by atoms with Crippen LogP contribution in [0.5, 0.6) is 0 Å². The van der Waals surface area contributed by atoms with E-state index in [4.69, 9.17) is 12.2 Å². The van der Waals surface area contributed by atoms with Gasteiger partial charge in [-0.2, -0.15) is 0 Å². The van der Waals surface area contributed by atoms with Gasteiger partial charge in [-0.3, -0.25) is 24.2 Å². The van der Waals surface area contributed by atoms with Crippen LogP contribution in [0.15, 0.2) is 53.4 Å². The first-order chi connectivity index (χ1) is 13.9. The lowest BCUT2D eigenvalue weighted by Crippen LogP contribution is -2.35. The van der Waals surface area contributed by atoms with Gasteiger partial charge in [0.25, 0.3) is 11.8 Å². The summed E-state index contributed by atoms with van der Waals surface area (Å²) in [6, 6.07) is 14.6. The topological polar surface area (TPSA) is 69.7 Å². The van der Waals surface area contributed by atoms with Gasteiger partial charge in [-0.25, -0.2) is 0 Å². The molecule has 29 heavy (non-hydrogen) atoms. The third kappa shape index (κ3) is 3.34.